The summed E-state index contributed by atoms with van der Waals surface area (Å²) in [5, 5.41) is 14.2. The van der Waals surface area contributed by atoms with E-state index in [2.05, 4.69) is 10.6 Å². The van der Waals surface area contributed by atoms with Gasteiger partial charge in [-0.2, -0.15) is 0 Å². The molecule has 0 aliphatic heterocycles. The van der Waals surface area contributed by atoms with Crippen molar-refractivity contribution < 1.29 is 19.5 Å². The first-order valence-corrected chi connectivity index (χ1v) is 9.52. The van der Waals surface area contributed by atoms with Crippen LogP contribution in [0.1, 0.15) is 30.1 Å². The molecule has 1 unspecified atom stereocenters. The second kappa shape index (κ2) is 8.26. The molecule has 27 heavy (non-hydrogen) atoms. The molecule has 2 aromatic carbocycles. The number of hydrogen-bond acceptors (Lipinski definition) is 4. The van der Waals surface area contributed by atoms with Crippen molar-refractivity contribution in [1.82, 2.24) is 0 Å². The number of thioether (sulfide) groups is 1. The first kappa shape index (κ1) is 19.0. The zero-order valence-electron chi connectivity index (χ0n) is 14.8. The molecule has 0 aromatic heterocycles. The molecule has 3 rings (SSSR count). The summed E-state index contributed by atoms with van der Waals surface area (Å²) in [5.41, 5.74) is 1.48. The summed E-state index contributed by atoms with van der Waals surface area (Å²) in [6, 6.07) is 13.4. The van der Waals surface area contributed by atoms with Crippen LogP contribution in [0, 0.1) is 5.92 Å². The van der Waals surface area contributed by atoms with Crippen molar-refractivity contribution in [2.45, 2.75) is 29.9 Å². The summed E-state index contributed by atoms with van der Waals surface area (Å²) in [4.78, 5) is 35.9. The number of carboxylic acids is 1. The van der Waals surface area contributed by atoms with Crippen molar-refractivity contribution in [1.29, 1.82) is 0 Å². The molecule has 0 bridgehead atoms. The topological polar surface area (TPSA) is 95.5 Å². The van der Waals surface area contributed by atoms with E-state index in [1.165, 1.54) is 23.9 Å². The monoisotopic (exact) mass is 384 g/mol. The number of hydrogen-bond donors (Lipinski definition) is 3. The number of aromatic carboxylic acids is 1. The number of rotatable bonds is 7. The smallest absolute Gasteiger partial charge is 0.335 e. The van der Waals surface area contributed by atoms with Gasteiger partial charge < -0.3 is 15.7 Å². The molecular weight excluding hydrogens is 364 g/mol. The highest BCUT2D eigenvalue weighted by Crippen LogP contribution is 2.31. The van der Waals surface area contributed by atoms with Gasteiger partial charge in [0.05, 0.1) is 10.8 Å². The number of carbonyl (C=O) groups excluding carboxylic acids is 2. The zero-order chi connectivity index (χ0) is 19.4. The third-order valence-corrected chi connectivity index (χ3v) is 5.26. The Hall–Kier alpha value is -2.80. The Balaban J connectivity index is 1.52. The van der Waals surface area contributed by atoms with Crippen LogP contribution < -0.4 is 10.6 Å². The SMILES string of the molecule is CC(Sc1ccc(NC(=O)C2CC2)cc1)C(=O)Nc1ccc(C(=O)O)cc1. The van der Waals surface area contributed by atoms with Crippen molar-refractivity contribution in [2.24, 2.45) is 5.92 Å². The van der Waals surface area contributed by atoms with Gasteiger partial charge in [-0.25, -0.2) is 4.79 Å². The minimum absolute atomic E-state index is 0.0667. The van der Waals surface area contributed by atoms with Gasteiger partial charge in [-0.15, -0.1) is 11.8 Å². The zero-order valence-corrected chi connectivity index (χ0v) is 15.6. The first-order chi connectivity index (χ1) is 12.9. The Labute approximate surface area is 161 Å². The molecule has 0 radical (unpaired) electrons. The molecule has 0 heterocycles. The van der Waals surface area contributed by atoms with Crippen molar-refractivity contribution in [3.8, 4) is 0 Å². The van der Waals surface area contributed by atoms with Gasteiger partial charge in [0.15, 0.2) is 0 Å². The van der Waals surface area contributed by atoms with Crippen molar-refractivity contribution in [3.05, 3.63) is 54.1 Å². The number of benzene rings is 2. The van der Waals surface area contributed by atoms with Crippen LogP contribution in [-0.2, 0) is 9.59 Å². The molecule has 6 nitrogen and oxygen atoms in total. The van der Waals surface area contributed by atoms with E-state index >= 15 is 0 Å². The summed E-state index contributed by atoms with van der Waals surface area (Å²) in [7, 11) is 0. The molecule has 1 aliphatic rings. The first-order valence-electron chi connectivity index (χ1n) is 8.64. The Morgan fingerprint density at radius 2 is 1.52 bits per heavy atom. The second-order valence-electron chi connectivity index (χ2n) is 6.42. The van der Waals surface area contributed by atoms with Gasteiger partial charge in [0.25, 0.3) is 0 Å². The third-order valence-electron chi connectivity index (χ3n) is 4.15. The van der Waals surface area contributed by atoms with E-state index in [1.807, 2.05) is 24.3 Å². The summed E-state index contributed by atoms with van der Waals surface area (Å²) < 4.78 is 0. The van der Waals surface area contributed by atoms with E-state index < -0.39 is 5.97 Å². The van der Waals surface area contributed by atoms with Crippen LogP contribution in [-0.4, -0.2) is 28.1 Å². The molecule has 0 spiro atoms. The molecular formula is C20H20N2O4S. The van der Waals surface area contributed by atoms with Crippen LogP contribution in [0.5, 0.6) is 0 Å². The molecule has 1 atom stereocenters. The van der Waals surface area contributed by atoms with Gasteiger partial charge >= 0.3 is 5.97 Å². The molecule has 7 heteroatoms. The fourth-order valence-electron chi connectivity index (χ4n) is 2.40. The quantitative estimate of drug-likeness (QED) is 0.630. The summed E-state index contributed by atoms with van der Waals surface area (Å²) in [6.45, 7) is 1.80. The van der Waals surface area contributed by atoms with E-state index in [0.717, 1.165) is 23.4 Å². The summed E-state index contributed by atoms with van der Waals surface area (Å²) in [6.07, 6.45) is 1.93. The van der Waals surface area contributed by atoms with E-state index in [9.17, 15) is 14.4 Å². The van der Waals surface area contributed by atoms with Gasteiger partial charge in [0.2, 0.25) is 11.8 Å². The molecule has 2 aromatic rings. The average molecular weight is 384 g/mol. The van der Waals surface area contributed by atoms with E-state index in [1.54, 1.807) is 19.1 Å². The normalized spacial score (nSPS) is 14.3. The lowest BCUT2D eigenvalue weighted by atomic mass is 10.2. The van der Waals surface area contributed by atoms with Crippen molar-refractivity contribution >= 4 is 40.9 Å². The van der Waals surface area contributed by atoms with Gasteiger partial charge in [0.1, 0.15) is 0 Å². The van der Waals surface area contributed by atoms with E-state index in [-0.39, 0.29) is 28.5 Å². The largest absolute Gasteiger partial charge is 0.478 e. The lowest BCUT2D eigenvalue weighted by molar-refractivity contribution is -0.117. The predicted molar refractivity (Wildman–Crippen MR) is 105 cm³/mol. The maximum absolute atomic E-state index is 12.3. The van der Waals surface area contributed by atoms with Crippen LogP contribution in [0.2, 0.25) is 0 Å². The number of amides is 2. The second-order valence-corrected chi connectivity index (χ2v) is 7.83. The van der Waals surface area contributed by atoms with Crippen LogP contribution in [0.15, 0.2) is 53.4 Å². The Kier molecular flexibility index (Phi) is 5.81. The average Bonchev–Trinajstić information content (AvgIpc) is 3.49. The van der Waals surface area contributed by atoms with Gasteiger partial charge in [0, 0.05) is 22.2 Å². The standard InChI is InChI=1S/C20H20N2O4S/c1-12(18(23)21-15-6-4-14(5-7-15)20(25)26)27-17-10-8-16(9-11-17)22-19(24)13-2-3-13/h4-13H,2-3H2,1H3,(H,21,23)(H,22,24)(H,25,26). The molecule has 1 fully saturated rings. The van der Waals surface area contributed by atoms with E-state index in [4.69, 9.17) is 5.11 Å². The van der Waals surface area contributed by atoms with Crippen LogP contribution in [0.3, 0.4) is 0 Å². The number of carbonyl (C=O) groups is 3. The highest BCUT2D eigenvalue weighted by atomic mass is 32.2. The van der Waals surface area contributed by atoms with Gasteiger partial charge in [-0.1, -0.05) is 0 Å². The fraction of sp³-hybridized carbons (Fsp3) is 0.250. The van der Waals surface area contributed by atoms with Crippen LogP contribution in [0.4, 0.5) is 11.4 Å². The van der Waals surface area contributed by atoms with Crippen molar-refractivity contribution in [3.63, 3.8) is 0 Å². The molecule has 1 saturated carbocycles. The fourth-order valence-corrected chi connectivity index (χ4v) is 3.27. The van der Waals surface area contributed by atoms with Gasteiger partial charge in [-0.3, -0.25) is 9.59 Å². The van der Waals surface area contributed by atoms with E-state index in [0.29, 0.717) is 5.69 Å². The van der Waals surface area contributed by atoms with Crippen LogP contribution in [0.25, 0.3) is 0 Å². The maximum Gasteiger partial charge on any atom is 0.335 e. The highest BCUT2D eigenvalue weighted by Gasteiger charge is 2.29. The molecule has 0 saturated heterocycles. The number of carboxylic acid groups (broad SMARTS) is 1. The van der Waals surface area contributed by atoms with Crippen LogP contribution >= 0.6 is 11.8 Å². The third kappa shape index (κ3) is 5.34. The molecule has 2 amide bonds. The Morgan fingerprint density at radius 3 is 2.07 bits per heavy atom. The maximum atomic E-state index is 12.3. The minimum atomic E-state index is -1.01. The Morgan fingerprint density at radius 1 is 0.963 bits per heavy atom. The van der Waals surface area contributed by atoms with Crippen molar-refractivity contribution in [2.75, 3.05) is 10.6 Å². The molecule has 3 N–H and O–H groups in total. The molecule has 1 aliphatic carbocycles. The molecule has 140 valence electrons. The highest BCUT2D eigenvalue weighted by molar-refractivity contribution is 8.00. The lowest BCUT2D eigenvalue weighted by Crippen LogP contribution is -2.22. The van der Waals surface area contributed by atoms with Gasteiger partial charge in [-0.05, 0) is 68.3 Å². The number of anilines is 2. The predicted octanol–water partition coefficient (Wildman–Crippen LogP) is 3.85. The minimum Gasteiger partial charge on any atom is -0.478 e. The summed E-state index contributed by atoms with van der Waals surface area (Å²) >= 11 is 1.41. The lowest BCUT2D eigenvalue weighted by Gasteiger charge is -2.13. The Bertz CT molecular complexity index is 845. The summed E-state index contributed by atoms with van der Waals surface area (Å²) in [5.74, 6) is -0.952. The number of nitrogens with one attached hydrogen (secondary N) is 2.